The quantitative estimate of drug-likeness (QED) is 0.632. The van der Waals surface area contributed by atoms with Crippen LogP contribution in [0.4, 0.5) is 24.9 Å². The van der Waals surface area contributed by atoms with Gasteiger partial charge in [0.05, 0.1) is 12.6 Å². The Morgan fingerprint density at radius 2 is 2.15 bits per heavy atom. The normalized spacial score (nSPS) is 19.8. The SMILES string of the molecule is O=C1CCC2=CC(Nc3ncc(C(F)(F)F)c(NCCO)n3)=CCC2N1. The third-order valence-electron chi connectivity index (χ3n) is 4.09. The number of hydrogen-bond acceptors (Lipinski definition) is 6. The average molecular weight is 369 g/mol. The highest BCUT2D eigenvalue weighted by molar-refractivity contribution is 5.78. The maximum absolute atomic E-state index is 13.0. The molecule has 1 saturated heterocycles. The number of carbonyl (C=O) groups is 1. The number of fused-ring (bicyclic) bond motifs is 1. The lowest BCUT2D eigenvalue weighted by Gasteiger charge is -2.29. The predicted molar refractivity (Wildman–Crippen MR) is 88.2 cm³/mol. The van der Waals surface area contributed by atoms with Crippen LogP contribution < -0.4 is 16.0 Å². The van der Waals surface area contributed by atoms with Crippen LogP contribution in [0, 0.1) is 0 Å². The molecule has 7 nitrogen and oxygen atoms in total. The Balaban J connectivity index is 1.78. The van der Waals surface area contributed by atoms with Crippen molar-refractivity contribution < 1.29 is 23.1 Å². The van der Waals surface area contributed by atoms with Gasteiger partial charge in [0.15, 0.2) is 0 Å². The summed E-state index contributed by atoms with van der Waals surface area (Å²) < 4.78 is 39.1. The van der Waals surface area contributed by atoms with Crippen molar-refractivity contribution >= 4 is 17.7 Å². The second kappa shape index (κ2) is 7.32. The highest BCUT2D eigenvalue weighted by Crippen LogP contribution is 2.34. The summed E-state index contributed by atoms with van der Waals surface area (Å²) in [6.45, 7) is -0.387. The van der Waals surface area contributed by atoms with E-state index in [2.05, 4.69) is 25.9 Å². The van der Waals surface area contributed by atoms with Crippen molar-refractivity contribution in [2.45, 2.75) is 31.5 Å². The largest absolute Gasteiger partial charge is 0.421 e. The van der Waals surface area contributed by atoms with E-state index in [-0.39, 0.29) is 31.0 Å². The van der Waals surface area contributed by atoms with Crippen LogP contribution in [0.2, 0.25) is 0 Å². The van der Waals surface area contributed by atoms with Gasteiger partial charge in [-0.1, -0.05) is 6.08 Å². The number of allylic oxidation sites excluding steroid dienone is 1. The first-order valence-electron chi connectivity index (χ1n) is 8.13. The molecule has 1 aliphatic heterocycles. The molecule has 1 fully saturated rings. The van der Waals surface area contributed by atoms with Crippen LogP contribution in [-0.2, 0) is 11.0 Å². The minimum Gasteiger partial charge on any atom is -0.395 e. The minimum absolute atomic E-state index is 0.0137. The van der Waals surface area contributed by atoms with Gasteiger partial charge in [-0.3, -0.25) is 4.79 Å². The van der Waals surface area contributed by atoms with Crippen LogP contribution in [0.1, 0.15) is 24.8 Å². The van der Waals surface area contributed by atoms with Crippen molar-refractivity contribution in [3.8, 4) is 0 Å². The number of alkyl halides is 3. The van der Waals surface area contributed by atoms with E-state index in [1.54, 1.807) is 0 Å². The van der Waals surface area contributed by atoms with E-state index >= 15 is 0 Å². The molecule has 1 aromatic heterocycles. The van der Waals surface area contributed by atoms with Gasteiger partial charge in [0.2, 0.25) is 11.9 Å². The summed E-state index contributed by atoms with van der Waals surface area (Å²) >= 11 is 0. The number of amides is 1. The first kappa shape index (κ1) is 18.2. The zero-order valence-electron chi connectivity index (χ0n) is 13.7. The third kappa shape index (κ3) is 4.13. The van der Waals surface area contributed by atoms with E-state index in [1.165, 1.54) is 0 Å². The minimum atomic E-state index is -4.60. The van der Waals surface area contributed by atoms with Crippen LogP contribution in [-0.4, -0.2) is 40.2 Å². The van der Waals surface area contributed by atoms with Crippen LogP contribution in [0.3, 0.4) is 0 Å². The molecule has 0 bridgehead atoms. The van der Waals surface area contributed by atoms with Gasteiger partial charge in [0.1, 0.15) is 11.4 Å². The summed E-state index contributed by atoms with van der Waals surface area (Å²) in [5.74, 6) is -0.363. The molecular formula is C16H18F3N5O2. The van der Waals surface area contributed by atoms with Gasteiger partial charge >= 0.3 is 6.18 Å². The molecule has 2 heterocycles. The Labute approximate surface area is 147 Å². The highest BCUT2D eigenvalue weighted by Gasteiger charge is 2.35. The molecule has 3 rings (SSSR count). The van der Waals surface area contributed by atoms with Crippen molar-refractivity contribution in [1.29, 1.82) is 0 Å². The van der Waals surface area contributed by atoms with Gasteiger partial charge in [-0.25, -0.2) is 4.98 Å². The molecule has 2 aliphatic rings. The second-order valence-electron chi connectivity index (χ2n) is 5.96. The van der Waals surface area contributed by atoms with Gasteiger partial charge < -0.3 is 21.1 Å². The maximum atomic E-state index is 13.0. The van der Waals surface area contributed by atoms with E-state index in [4.69, 9.17) is 5.11 Å². The Bertz CT molecular complexity index is 761. The van der Waals surface area contributed by atoms with Crippen LogP contribution >= 0.6 is 0 Å². The topological polar surface area (TPSA) is 99.2 Å². The smallest absolute Gasteiger partial charge is 0.395 e. The number of nitrogens with zero attached hydrogens (tertiary/aromatic N) is 2. The fraction of sp³-hybridized carbons (Fsp3) is 0.438. The fourth-order valence-electron chi connectivity index (χ4n) is 2.85. The molecule has 0 aromatic carbocycles. The number of rotatable bonds is 5. The zero-order chi connectivity index (χ0) is 18.7. The number of nitrogens with one attached hydrogen (secondary N) is 3. The fourth-order valence-corrected chi connectivity index (χ4v) is 2.85. The number of anilines is 2. The Kier molecular flexibility index (Phi) is 5.12. The molecule has 1 aromatic rings. The van der Waals surface area contributed by atoms with Crippen LogP contribution in [0.15, 0.2) is 29.6 Å². The number of carbonyl (C=O) groups excluding carboxylic acids is 1. The van der Waals surface area contributed by atoms with E-state index in [0.29, 0.717) is 31.2 Å². The zero-order valence-corrected chi connectivity index (χ0v) is 13.7. The number of aliphatic hydroxyl groups excluding tert-OH is 1. The number of hydrogen-bond donors (Lipinski definition) is 4. The van der Waals surface area contributed by atoms with Crippen LogP contribution in [0.5, 0.6) is 0 Å². The molecule has 1 unspecified atom stereocenters. The molecule has 26 heavy (non-hydrogen) atoms. The van der Waals surface area contributed by atoms with E-state index in [0.717, 1.165) is 5.57 Å². The maximum Gasteiger partial charge on any atom is 0.421 e. The molecule has 140 valence electrons. The molecule has 1 atom stereocenters. The Morgan fingerprint density at radius 3 is 2.88 bits per heavy atom. The number of aromatic nitrogens is 2. The van der Waals surface area contributed by atoms with E-state index in [1.807, 2.05) is 12.2 Å². The Morgan fingerprint density at radius 1 is 1.35 bits per heavy atom. The first-order chi connectivity index (χ1) is 12.4. The molecule has 1 amide bonds. The summed E-state index contributed by atoms with van der Waals surface area (Å²) in [5.41, 5.74) is 0.725. The summed E-state index contributed by atoms with van der Waals surface area (Å²) in [6, 6.07) is -0.0305. The van der Waals surface area contributed by atoms with Gasteiger partial charge in [-0.05, 0) is 24.5 Å². The summed E-state index contributed by atoms with van der Waals surface area (Å²) in [5, 5.41) is 17.1. The molecule has 4 N–H and O–H groups in total. The lowest BCUT2D eigenvalue weighted by Crippen LogP contribution is -2.41. The third-order valence-corrected chi connectivity index (χ3v) is 4.09. The van der Waals surface area contributed by atoms with Crippen molar-refractivity contribution in [3.63, 3.8) is 0 Å². The Hall–Kier alpha value is -2.62. The second-order valence-corrected chi connectivity index (χ2v) is 5.96. The monoisotopic (exact) mass is 369 g/mol. The first-order valence-corrected chi connectivity index (χ1v) is 8.13. The standard InChI is InChI=1S/C16H18F3N5O2/c17-16(18,19)11-8-21-15(24-14(11)20-5-6-25)22-10-2-3-12-9(7-10)1-4-13(26)23-12/h2,7-8,12,25H,1,3-6H2,(H,23,26)(H2,20,21,22,24). The van der Waals surface area contributed by atoms with E-state index in [9.17, 15) is 18.0 Å². The molecule has 10 heteroatoms. The van der Waals surface area contributed by atoms with Gasteiger partial charge in [0.25, 0.3) is 0 Å². The molecule has 0 saturated carbocycles. The van der Waals surface area contributed by atoms with Crippen LogP contribution in [0.25, 0.3) is 0 Å². The number of halogens is 3. The van der Waals surface area contributed by atoms with Crippen molar-refractivity contribution in [2.75, 3.05) is 23.8 Å². The molecular weight excluding hydrogens is 351 g/mol. The number of piperidine rings is 1. The lowest BCUT2D eigenvalue weighted by molar-refractivity contribution is -0.137. The van der Waals surface area contributed by atoms with Crippen molar-refractivity contribution in [3.05, 3.63) is 35.2 Å². The summed E-state index contributed by atoms with van der Waals surface area (Å²) in [6.07, 6.45) is 1.45. The van der Waals surface area contributed by atoms with Gasteiger partial charge in [-0.2, -0.15) is 18.2 Å². The summed E-state index contributed by atoms with van der Waals surface area (Å²) in [7, 11) is 0. The molecule has 0 radical (unpaired) electrons. The molecule has 0 spiro atoms. The predicted octanol–water partition coefficient (Wildman–Crippen LogP) is 1.80. The summed E-state index contributed by atoms with van der Waals surface area (Å²) in [4.78, 5) is 19.0. The van der Waals surface area contributed by atoms with Gasteiger partial charge in [-0.15, -0.1) is 0 Å². The molecule has 1 aliphatic carbocycles. The van der Waals surface area contributed by atoms with Crippen molar-refractivity contribution in [2.24, 2.45) is 0 Å². The van der Waals surface area contributed by atoms with Crippen molar-refractivity contribution in [1.82, 2.24) is 15.3 Å². The average Bonchev–Trinajstić information content (AvgIpc) is 2.59. The highest BCUT2D eigenvalue weighted by atomic mass is 19.4. The van der Waals surface area contributed by atoms with E-state index < -0.39 is 17.6 Å². The van der Waals surface area contributed by atoms with Gasteiger partial charge in [0, 0.05) is 24.9 Å². The number of aliphatic hydroxyl groups is 1. The lowest BCUT2D eigenvalue weighted by atomic mass is 9.90.